The van der Waals surface area contributed by atoms with Crippen LogP contribution in [0.3, 0.4) is 0 Å². The number of methoxy groups -OCH3 is 1. The third kappa shape index (κ3) is 3.21. The van der Waals surface area contributed by atoms with E-state index in [2.05, 4.69) is 5.32 Å². The number of benzene rings is 1. The van der Waals surface area contributed by atoms with Crippen LogP contribution in [0.5, 0.6) is 5.75 Å². The highest BCUT2D eigenvalue weighted by atomic mass is 32.1. The minimum atomic E-state index is -0.156. The van der Waals surface area contributed by atoms with Crippen LogP contribution in [-0.2, 0) is 17.6 Å². The van der Waals surface area contributed by atoms with Crippen molar-refractivity contribution in [2.75, 3.05) is 18.6 Å². The summed E-state index contributed by atoms with van der Waals surface area (Å²) in [7, 11) is 1.62. The molecule has 1 fully saturated rings. The molecule has 1 aliphatic carbocycles. The fraction of sp³-hybridized carbons (Fsp3) is 0.400. The molecule has 2 aromatic rings. The van der Waals surface area contributed by atoms with E-state index in [0.29, 0.717) is 13.0 Å². The lowest BCUT2D eigenvalue weighted by molar-refractivity contribution is -0.117. The summed E-state index contributed by atoms with van der Waals surface area (Å²) < 4.78 is 5.16. The third-order valence-corrected chi connectivity index (χ3v) is 6.24. The SMILES string of the molecule is COc1ccc(N2C[C@@H](NC(=O)c3csc4c3CCCC4)CC2=O)cc1. The standard InChI is InChI=1S/C20H22N2O3S/c1-25-15-8-6-14(7-9-15)22-11-13(10-19(22)23)21-20(24)17-12-26-18-5-3-2-4-16(17)18/h6-9,12-13H,2-5,10-11H2,1H3,(H,21,24)/t13-/m0/s1. The minimum absolute atomic E-state index is 0.0350. The van der Waals surface area contributed by atoms with Crippen molar-refractivity contribution in [3.05, 3.63) is 45.6 Å². The fourth-order valence-corrected chi connectivity index (χ4v) is 4.89. The summed E-state index contributed by atoms with van der Waals surface area (Å²) >= 11 is 1.69. The Balaban J connectivity index is 1.44. The molecular formula is C20H22N2O3S. The van der Waals surface area contributed by atoms with Gasteiger partial charge in [0.2, 0.25) is 5.91 Å². The molecule has 0 unspecified atom stereocenters. The van der Waals surface area contributed by atoms with Gasteiger partial charge in [0.25, 0.3) is 5.91 Å². The Labute approximate surface area is 157 Å². The van der Waals surface area contributed by atoms with Crippen LogP contribution in [0.4, 0.5) is 5.69 Å². The third-order valence-electron chi connectivity index (χ3n) is 5.15. The molecule has 136 valence electrons. The van der Waals surface area contributed by atoms with Crippen molar-refractivity contribution >= 4 is 28.8 Å². The van der Waals surface area contributed by atoms with E-state index in [9.17, 15) is 9.59 Å². The van der Waals surface area contributed by atoms with Crippen molar-refractivity contribution in [3.63, 3.8) is 0 Å². The van der Waals surface area contributed by atoms with Crippen LogP contribution in [0.15, 0.2) is 29.6 Å². The molecule has 1 aliphatic heterocycles. The van der Waals surface area contributed by atoms with E-state index in [0.717, 1.165) is 36.3 Å². The van der Waals surface area contributed by atoms with Crippen molar-refractivity contribution < 1.29 is 14.3 Å². The zero-order valence-corrected chi connectivity index (χ0v) is 15.6. The van der Waals surface area contributed by atoms with Crippen LogP contribution in [0.25, 0.3) is 0 Å². The second kappa shape index (κ2) is 7.11. The maximum atomic E-state index is 12.7. The topological polar surface area (TPSA) is 58.6 Å². The summed E-state index contributed by atoms with van der Waals surface area (Å²) in [6.45, 7) is 0.503. The molecule has 4 rings (SSSR count). The van der Waals surface area contributed by atoms with E-state index in [4.69, 9.17) is 4.74 Å². The highest BCUT2D eigenvalue weighted by Crippen LogP contribution is 2.30. The summed E-state index contributed by atoms with van der Waals surface area (Å²) in [5.41, 5.74) is 2.86. The molecule has 1 saturated heterocycles. The van der Waals surface area contributed by atoms with E-state index >= 15 is 0 Å². The average Bonchev–Trinajstić information content (AvgIpc) is 3.25. The largest absolute Gasteiger partial charge is 0.497 e. The number of rotatable bonds is 4. The van der Waals surface area contributed by atoms with Gasteiger partial charge in [-0.1, -0.05) is 0 Å². The highest BCUT2D eigenvalue weighted by Gasteiger charge is 2.32. The number of ether oxygens (including phenoxy) is 1. The van der Waals surface area contributed by atoms with Crippen molar-refractivity contribution in [3.8, 4) is 5.75 Å². The first kappa shape index (κ1) is 17.1. The van der Waals surface area contributed by atoms with Gasteiger partial charge < -0.3 is 15.0 Å². The first-order chi connectivity index (χ1) is 12.7. The van der Waals surface area contributed by atoms with E-state index < -0.39 is 0 Å². The van der Waals surface area contributed by atoms with Gasteiger partial charge in [-0.15, -0.1) is 11.3 Å². The van der Waals surface area contributed by atoms with E-state index in [1.54, 1.807) is 23.3 Å². The Hall–Kier alpha value is -2.34. The van der Waals surface area contributed by atoms with Gasteiger partial charge in [-0.2, -0.15) is 0 Å². The number of thiophene rings is 1. The Morgan fingerprint density at radius 2 is 2.00 bits per heavy atom. The van der Waals surface area contributed by atoms with Gasteiger partial charge in [0, 0.05) is 28.9 Å². The molecule has 5 nitrogen and oxygen atoms in total. The van der Waals surface area contributed by atoms with Gasteiger partial charge in [-0.05, 0) is 55.5 Å². The van der Waals surface area contributed by atoms with Crippen LogP contribution in [-0.4, -0.2) is 31.5 Å². The number of hydrogen-bond acceptors (Lipinski definition) is 4. The van der Waals surface area contributed by atoms with Gasteiger partial charge in [-0.3, -0.25) is 9.59 Å². The van der Waals surface area contributed by atoms with Crippen molar-refractivity contribution in [1.29, 1.82) is 0 Å². The predicted octanol–water partition coefficient (Wildman–Crippen LogP) is 3.17. The monoisotopic (exact) mass is 370 g/mol. The number of anilines is 1. The highest BCUT2D eigenvalue weighted by molar-refractivity contribution is 7.10. The average molecular weight is 370 g/mol. The van der Waals surface area contributed by atoms with Gasteiger partial charge in [-0.25, -0.2) is 0 Å². The number of fused-ring (bicyclic) bond motifs is 1. The maximum Gasteiger partial charge on any atom is 0.252 e. The molecule has 1 aromatic heterocycles. The summed E-state index contributed by atoms with van der Waals surface area (Å²) in [5.74, 6) is 0.749. The normalized spacial score (nSPS) is 19.3. The van der Waals surface area contributed by atoms with Crippen LogP contribution >= 0.6 is 11.3 Å². The second-order valence-electron chi connectivity index (χ2n) is 6.84. The summed E-state index contributed by atoms with van der Waals surface area (Å²) in [5, 5.41) is 5.04. The molecule has 2 aliphatic rings. The molecule has 0 saturated carbocycles. The number of hydrogen-bond donors (Lipinski definition) is 1. The van der Waals surface area contributed by atoms with Crippen LogP contribution < -0.4 is 15.0 Å². The summed E-state index contributed by atoms with van der Waals surface area (Å²) in [6, 6.07) is 7.27. The molecule has 0 spiro atoms. The maximum absolute atomic E-state index is 12.7. The van der Waals surface area contributed by atoms with Gasteiger partial charge in [0.15, 0.2) is 0 Å². The molecule has 1 N–H and O–H groups in total. The molecular weight excluding hydrogens is 348 g/mol. The Bertz CT molecular complexity index is 828. The molecule has 2 heterocycles. The lowest BCUT2D eigenvalue weighted by Crippen LogP contribution is -2.37. The van der Waals surface area contributed by atoms with Crippen LogP contribution in [0.1, 0.15) is 40.1 Å². The molecule has 0 bridgehead atoms. The molecule has 0 radical (unpaired) electrons. The lowest BCUT2D eigenvalue weighted by atomic mass is 9.95. The Morgan fingerprint density at radius 3 is 2.77 bits per heavy atom. The number of carbonyl (C=O) groups excluding carboxylic acids is 2. The van der Waals surface area contributed by atoms with Crippen molar-refractivity contribution in [2.45, 2.75) is 38.1 Å². The zero-order valence-electron chi connectivity index (χ0n) is 14.8. The number of carbonyl (C=O) groups is 2. The van der Waals surface area contributed by atoms with E-state index in [1.807, 2.05) is 29.6 Å². The summed E-state index contributed by atoms with van der Waals surface area (Å²) in [4.78, 5) is 28.2. The van der Waals surface area contributed by atoms with Crippen molar-refractivity contribution in [1.82, 2.24) is 5.32 Å². The number of aryl methyl sites for hydroxylation is 1. The van der Waals surface area contributed by atoms with Gasteiger partial charge in [0.1, 0.15) is 5.75 Å². The fourth-order valence-electron chi connectivity index (χ4n) is 3.76. The molecule has 26 heavy (non-hydrogen) atoms. The Morgan fingerprint density at radius 1 is 1.23 bits per heavy atom. The smallest absolute Gasteiger partial charge is 0.252 e. The molecule has 6 heteroatoms. The van der Waals surface area contributed by atoms with Gasteiger partial charge >= 0.3 is 0 Å². The molecule has 2 amide bonds. The minimum Gasteiger partial charge on any atom is -0.497 e. The number of nitrogens with one attached hydrogen (secondary N) is 1. The first-order valence-corrected chi connectivity index (χ1v) is 9.88. The lowest BCUT2D eigenvalue weighted by Gasteiger charge is -2.18. The van der Waals surface area contributed by atoms with Crippen LogP contribution in [0.2, 0.25) is 0 Å². The molecule has 1 atom stereocenters. The summed E-state index contributed by atoms with van der Waals surface area (Å²) in [6.07, 6.45) is 4.77. The zero-order chi connectivity index (χ0) is 18.1. The van der Waals surface area contributed by atoms with Gasteiger partial charge in [0.05, 0.1) is 18.7 Å². The number of nitrogens with zero attached hydrogens (tertiary/aromatic N) is 1. The number of amides is 2. The quantitative estimate of drug-likeness (QED) is 0.899. The second-order valence-corrected chi connectivity index (χ2v) is 7.80. The first-order valence-electron chi connectivity index (χ1n) is 9.00. The van der Waals surface area contributed by atoms with E-state index in [-0.39, 0.29) is 17.9 Å². The Kier molecular flexibility index (Phi) is 4.68. The van der Waals surface area contributed by atoms with Crippen molar-refractivity contribution in [2.24, 2.45) is 0 Å². The van der Waals surface area contributed by atoms with Crippen LogP contribution in [0, 0.1) is 0 Å². The van der Waals surface area contributed by atoms with E-state index in [1.165, 1.54) is 16.9 Å². The molecule has 1 aromatic carbocycles. The predicted molar refractivity (Wildman–Crippen MR) is 102 cm³/mol.